The maximum Gasteiger partial charge on any atom is 0.328 e. The van der Waals surface area contributed by atoms with Crippen LogP contribution in [0.1, 0.15) is 34.1 Å². The second kappa shape index (κ2) is 5.81. The van der Waals surface area contributed by atoms with Crippen molar-refractivity contribution in [3.63, 3.8) is 0 Å². The van der Waals surface area contributed by atoms with Crippen molar-refractivity contribution < 1.29 is 24.2 Å². The Bertz CT molecular complexity index is 416. The first-order chi connectivity index (χ1) is 9.12. The fourth-order valence-corrected chi connectivity index (χ4v) is 2.68. The van der Waals surface area contributed by atoms with Crippen LogP contribution in [0.25, 0.3) is 0 Å². The van der Waals surface area contributed by atoms with Gasteiger partial charge in [-0.05, 0) is 17.8 Å². The van der Waals surface area contributed by atoms with Crippen molar-refractivity contribution in [3.8, 4) is 0 Å². The number of rotatable bonds is 6. The van der Waals surface area contributed by atoms with Gasteiger partial charge in [-0.2, -0.15) is 0 Å². The molecule has 0 aromatic heterocycles. The Balaban J connectivity index is 2.73. The number of esters is 1. The Morgan fingerprint density at radius 1 is 1.25 bits per heavy atom. The van der Waals surface area contributed by atoms with Gasteiger partial charge < -0.3 is 15.2 Å². The van der Waals surface area contributed by atoms with Crippen LogP contribution in [0.5, 0.6) is 0 Å². The second-order valence-corrected chi connectivity index (χ2v) is 6.33. The highest BCUT2D eigenvalue weighted by atomic mass is 16.5. The van der Waals surface area contributed by atoms with Gasteiger partial charge in [0.05, 0.1) is 18.9 Å². The molecule has 114 valence electrons. The van der Waals surface area contributed by atoms with Crippen LogP contribution in [0.4, 0.5) is 0 Å². The highest BCUT2D eigenvalue weighted by Gasteiger charge is 2.66. The van der Waals surface area contributed by atoms with Gasteiger partial charge in [0.1, 0.15) is 6.04 Å². The molecule has 6 nitrogen and oxygen atoms in total. The summed E-state index contributed by atoms with van der Waals surface area (Å²) in [6, 6.07) is -0.724. The molecule has 0 saturated heterocycles. The molecule has 1 fully saturated rings. The zero-order chi connectivity index (χ0) is 15.7. The summed E-state index contributed by atoms with van der Waals surface area (Å²) < 4.78 is 4.67. The molecule has 0 aliphatic heterocycles. The van der Waals surface area contributed by atoms with Crippen LogP contribution < -0.4 is 5.32 Å². The molecule has 0 spiro atoms. The third-order valence-corrected chi connectivity index (χ3v) is 3.89. The standard InChI is InChI=1S/C14H23NO5/c1-7(2)6-8(13(19)20-5)15-11(16)9-10(12(17)18)14(9,3)4/h7-10H,6H2,1-5H3,(H,15,16)(H,17,18)/t8?,9-,10+/m1/s1. The Kier molecular flexibility index (Phi) is 4.78. The van der Waals surface area contributed by atoms with E-state index in [2.05, 4.69) is 10.1 Å². The molecule has 1 unspecified atom stereocenters. The predicted octanol–water partition coefficient (Wildman–Crippen LogP) is 1.05. The number of hydrogen-bond donors (Lipinski definition) is 2. The number of carboxylic acids is 1. The van der Waals surface area contributed by atoms with Gasteiger partial charge in [0, 0.05) is 0 Å². The smallest absolute Gasteiger partial charge is 0.328 e. The average molecular weight is 285 g/mol. The summed E-state index contributed by atoms with van der Waals surface area (Å²) in [6.45, 7) is 7.35. The second-order valence-electron chi connectivity index (χ2n) is 6.33. The van der Waals surface area contributed by atoms with Crippen molar-refractivity contribution >= 4 is 17.8 Å². The maximum atomic E-state index is 12.2. The summed E-state index contributed by atoms with van der Waals surface area (Å²) >= 11 is 0. The molecule has 0 bridgehead atoms. The number of carbonyl (C=O) groups is 3. The number of carboxylic acid groups (broad SMARTS) is 1. The van der Waals surface area contributed by atoms with E-state index in [1.54, 1.807) is 13.8 Å². The molecule has 0 radical (unpaired) electrons. The minimum Gasteiger partial charge on any atom is -0.481 e. The topological polar surface area (TPSA) is 92.7 Å². The number of nitrogens with one attached hydrogen (secondary N) is 1. The lowest BCUT2D eigenvalue weighted by Gasteiger charge is -2.18. The molecule has 2 N–H and O–H groups in total. The van der Waals surface area contributed by atoms with Crippen LogP contribution in [0.3, 0.4) is 0 Å². The van der Waals surface area contributed by atoms with Crippen molar-refractivity contribution in [3.05, 3.63) is 0 Å². The van der Waals surface area contributed by atoms with E-state index in [0.29, 0.717) is 6.42 Å². The van der Waals surface area contributed by atoms with Gasteiger partial charge in [-0.25, -0.2) is 4.79 Å². The van der Waals surface area contributed by atoms with Crippen LogP contribution in [-0.2, 0) is 19.1 Å². The molecule has 0 aromatic carbocycles. The van der Waals surface area contributed by atoms with E-state index in [4.69, 9.17) is 5.11 Å². The number of ether oxygens (including phenoxy) is 1. The van der Waals surface area contributed by atoms with E-state index in [9.17, 15) is 14.4 Å². The molecule has 1 saturated carbocycles. The van der Waals surface area contributed by atoms with Gasteiger partial charge >= 0.3 is 11.9 Å². The summed E-state index contributed by atoms with van der Waals surface area (Å²) in [7, 11) is 1.27. The predicted molar refractivity (Wildman–Crippen MR) is 71.8 cm³/mol. The lowest BCUT2D eigenvalue weighted by molar-refractivity contribution is -0.146. The highest BCUT2D eigenvalue weighted by Crippen LogP contribution is 2.58. The molecule has 1 amide bonds. The van der Waals surface area contributed by atoms with E-state index in [0.717, 1.165) is 0 Å². The first kappa shape index (κ1) is 16.5. The van der Waals surface area contributed by atoms with Crippen LogP contribution >= 0.6 is 0 Å². The fraction of sp³-hybridized carbons (Fsp3) is 0.786. The first-order valence-electron chi connectivity index (χ1n) is 6.73. The van der Waals surface area contributed by atoms with Crippen LogP contribution in [0.15, 0.2) is 0 Å². The zero-order valence-electron chi connectivity index (χ0n) is 12.6. The van der Waals surface area contributed by atoms with Gasteiger partial charge in [-0.15, -0.1) is 0 Å². The number of methoxy groups -OCH3 is 1. The number of carbonyl (C=O) groups excluding carboxylic acids is 2. The third kappa shape index (κ3) is 3.29. The van der Waals surface area contributed by atoms with Crippen LogP contribution in [0.2, 0.25) is 0 Å². The highest BCUT2D eigenvalue weighted by molar-refractivity contribution is 5.93. The van der Waals surface area contributed by atoms with E-state index >= 15 is 0 Å². The lowest BCUT2D eigenvalue weighted by Crippen LogP contribution is -2.43. The Labute approximate surface area is 118 Å². The van der Waals surface area contributed by atoms with Gasteiger partial charge in [-0.1, -0.05) is 27.7 Å². The SMILES string of the molecule is COC(=O)C(CC(C)C)NC(=O)[C@H]1[C@@H](C(=O)O)C1(C)C. The maximum absolute atomic E-state index is 12.2. The molecule has 6 heteroatoms. The van der Waals surface area contributed by atoms with Crippen molar-refractivity contribution in [1.29, 1.82) is 0 Å². The van der Waals surface area contributed by atoms with Crippen molar-refractivity contribution in [2.24, 2.45) is 23.2 Å². The number of amides is 1. The summed E-state index contributed by atoms with van der Waals surface area (Å²) in [5.74, 6) is -2.95. The summed E-state index contributed by atoms with van der Waals surface area (Å²) in [6.07, 6.45) is 0.462. The molecule has 0 heterocycles. The minimum atomic E-state index is -0.978. The monoisotopic (exact) mass is 285 g/mol. The summed E-state index contributed by atoms with van der Waals surface area (Å²) in [5.41, 5.74) is -0.575. The van der Waals surface area contributed by atoms with Gasteiger partial charge in [-0.3, -0.25) is 9.59 Å². The normalized spacial score (nSPS) is 24.9. The Morgan fingerprint density at radius 2 is 1.80 bits per heavy atom. The van der Waals surface area contributed by atoms with E-state index in [1.807, 2.05) is 13.8 Å². The van der Waals surface area contributed by atoms with Crippen molar-refractivity contribution in [1.82, 2.24) is 5.32 Å². The Morgan fingerprint density at radius 3 is 2.15 bits per heavy atom. The van der Waals surface area contributed by atoms with E-state index in [-0.39, 0.29) is 5.92 Å². The van der Waals surface area contributed by atoms with Crippen LogP contribution in [0, 0.1) is 23.2 Å². The first-order valence-corrected chi connectivity index (χ1v) is 6.73. The molecule has 1 aliphatic rings. The molecular formula is C14H23NO5. The van der Waals surface area contributed by atoms with Gasteiger partial charge in [0.2, 0.25) is 5.91 Å². The van der Waals surface area contributed by atoms with Gasteiger partial charge in [0.15, 0.2) is 0 Å². The Hall–Kier alpha value is -1.59. The molecule has 0 aromatic rings. The molecule has 1 rings (SSSR count). The zero-order valence-corrected chi connectivity index (χ0v) is 12.6. The molecule has 3 atom stereocenters. The van der Waals surface area contributed by atoms with E-state index < -0.39 is 41.1 Å². The number of hydrogen-bond acceptors (Lipinski definition) is 4. The van der Waals surface area contributed by atoms with Gasteiger partial charge in [0.25, 0.3) is 0 Å². The van der Waals surface area contributed by atoms with Crippen LogP contribution in [-0.4, -0.2) is 36.1 Å². The summed E-state index contributed by atoms with van der Waals surface area (Å²) in [4.78, 5) is 34.9. The molecule has 1 aliphatic carbocycles. The largest absolute Gasteiger partial charge is 0.481 e. The van der Waals surface area contributed by atoms with Crippen molar-refractivity contribution in [2.45, 2.75) is 40.2 Å². The average Bonchev–Trinajstić information content (AvgIpc) is 2.90. The van der Waals surface area contributed by atoms with E-state index in [1.165, 1.54) is 7.11 Å². The fourth-order valence-electron chi connectivity index (χ4n) is 2.68. The quantitative estimate of drug-likeness (QED) is 0.711. The lowest BCUT2D eigenvalue weighted by atomic mass is 10.0. The summed E-state index contributed by atoms with van der Waals surface area (Å²) in [5, 5.41) is 11.7. The van der Waals surface area contributed by atoms with Crippen molar-refractivity contribution in [2.75, 3.05) is 7.11 Å². The minimum absolute atomic E-state index is 0.210. The third-order valence-electron chi connectivity index (χ3n) is 3.89. The molecular weight excluding hydrogens is 262 g/mol. The molecule has 20 heavy (non-hydrogen) atoms. The number of aliphatic carboxylic acids is 1.